The van der Waals surface area contributed by atoms with Gasteiger partial charge in [0, 0.05) is 10.6 Å². The first kappa shape index (κ1) is 14.4. The Hall–Kier alpha value is -2.01. The summed E-state index contributed by atoms with van der Waals surface area (Å²) in [6, 6.07) is 12.9. The molecule has 104 valence electrons. The molecule has 0 amide bonds. The number of oxime groups is 1. The zero-order chi connectivity index (χ0) is 14.5. The van der Waals surface area contributed by atoms with Gasteiger partial charge in [-0.3, -0.25) is 0 Å². The molecule has 0 saturated heterocycles. The zero-order valence-electron chi connectivity index (χ0n) is 11.0. The van der Waals surface area contributed by atoms with Gasteiger partial charge < -0.3 is 10.9 Å². The molecule has 0 aromatic heterocycles. The van der Waals surface area contributed by atoms with Gasteiger partial charge in [-0.15, -0.1) is 11.8 Å². The maximum absolute atomic E-state index is 14.2. The topological polar surface area (TPSA) is 58.6 Å². The second-order valence-electron chi connectivity index (χ2n) is 4.37. The van der Waals surface area contributed by atoms with E-state index in [0.717, 1.165) is 4.90 Å². The van der Waals surface area contributed by atoms with Crippen molar-refractivity contribution in [3.63, 3.8) is 0 Å². The average molecular weight is 290 g/mol. The quantitative estimate of drug-likeness (QED) is 0.298. The maximum atomic E-state index is 14.2. The number of nitrogens with two attached hydrogens (primary N) is 1. The second-order valence-corrected chi connectivity index (χ2v) is 5.42. The fourth-order valence-electron chi connectivity index (χ4n) is 1.81. The monoisotopic (exact) mass is 290 g/mol. The number of aryl methyl sites for hydroxylation is 1. The van der Waals surface area contributed by atoms with Crippen LogP contribution in [0.4, 0.5) is 4.39 Å². The Balaban J connectivity index is 2.18. The largest absolute Gasteiger partial charge is 0.409 e. The van der Waals surface area contributed by atoms with Crippen LogP contribution in [0.2, 0.25) is 0 Å². The molecule has 5 heteroatoms. The van der Waals surface area contributed by atoms with Crippen molar-refractivity contribution in [1.29, 1.82) is 0 Å². The lowest BCUT2D eigenvalue weighted by molar-refractivity contribution is 0.318. The van der Waals surface area contributed by atoms with E-state index in [1.165, 1.54) is 11.6 Å². The third-order valence-electron chi connectivity index (χ3n) is 2.85. The Morgan fingerprint density at radius 3 is 2.75 bits per heavy atom. The molecule has 0 aliphatic carbocycles. The third kappa shape index (κ3) is 3.30. The summed E-state index contributed by atoms with van der Waals surface area (Å²) in [6.07, 6.45) is 0. The standard InChI is InChI=1S/C15H15FN2OS/c1-10-4-2-6-12(8-10)20-9-11-5-3-7-13(14(11)16)15(17)18-19/h2-8,19H,9H2,1H3,(H2,17,18). The minimum Gasteiger partial charge on any atom is -0.409 e. The molecule has 0 atom stereocenters. The molecule has 0 bridgehead atoms. The molecule has 3 N–H and O–H groups in total. The van der Waals surface area contributed by atoms with Crippen molar-refractivity contribution in [2.75, 3.05) is 0 Å². The van der Waals surface area contributed by atoms with Crippen molar-refractivity contribution in [1.82, 2.24) is 0 Å². The molecule has 0 heterocycles. The predicted molar refractivity (Wildman–Crippen MR) is 79.7 cm³/mol. The molecular formula is C15H15FN2OS. The van der Waals surface area contributed by atoms with Gasteiger partial charge in [-0.25, -0.2) is 4.39 Å². The highest BCUT2D eigenvalue weighted by Crippen LogP contribution is 2.25. The van der Waals surface area contributed by atoms with Gasteiger partial charge in [-0.1, -0.05) is 35.0 Å². The lowest BCUT2D eigenvalue weighted by Crippen LogP contribution is -2.15. The van der Waals surface area contributed by atoms with Crippen LogP contribution in [0.15, 0.2) is 52.5 Å². The lowest BCUT2D eigenvalue weighted by Gasteiger charge is -2.07. The van der Waals surface area contributed by atoms with Gasteiger partial charge in [0.2, 0.25) is 0 Å². The molecule has 0 unspecified atom stereocenters. The van der Waals surface area contributed by atoms with Gasteiger partial charge in [-0.05, 0) is 30.7 Å². The van der Waals surface area contributed by atoms with Crippen LogP contribution in [0.3, 0.4) is 0 Å². The van der Waals surface area contributed by atoms with E-state index in [4.69, 9.17) is 10.9 Å². The highest BCUT2D eigenvalue weighted by atomic mass is 32.2. The molecular weight excluding hydrogens is 275 g/mol. The fourth-order valence-corrected chi connectivity index (χ4v) is 2.80. The van der Waals surface area contributed by atoms with Gasteiger partial charge in [-0.2, -0.15) is 0 Å². The lowest BCUT2D eigenvalue weighted by atomic mass is 10.1. The molecule has 2 aromatic rings. The van der Waals surface area contributed by atoms with E-state index in [1.54, 1.807) is 23.9 Å². The van der Waals surface area contributed by atoms with Crippen molar-refractivity contribution in [2.24, 2.45) is 10.9 Å². The molecule has 0 spiro atoms. The van der Waals surface area contributed by atoms with Crippen molar-refractivity contribution in [3.05, 3.63) is 65.0 Å². The molecule has 20 heavy (non-hydrogen) atoms. The number of amidine groups is 1. The summed E-state index contributed by atoms with van der Waals surface area (Å²) in [5, 5.41) is 11.5. The van der Waals surface area contributed by atoms with E-state index < -0.39 is 5.82 Å². The van der Waals surface area contributed by atoms with Crippen LogP contribution in [0.25, 0.3) is 0 Å². The highest BCUT2D eigenvalue weighted by Gasteiger charge is 2.11. The zero-order valence-corrected chi connectivity index (χ0v) is 11.8. The average Bonchev–Trinajstić information content (AvgIpc) is 2.45. The smallest absolute Gasteiger partial charge is 0.173 e. The van der Waals surface area contributed by atoms with Crippen LogP contribution in [0, 0.1) is 12.7 Å². The SMILES string of the molecule is Cc1cccc(SCc2cccc(/C(N)=N/O)c2F)c1. The summed E-state index contributed by atoms with van der Waals surface area (Å²) in [6.45, 7) is 2.02. The number of halogens is 1. The summed E-state index contributed by atoms with van der Waals surface area (Å²) in [7, 11) is 0. The van der Waals surface area contributed by atoms with Crippen LogP contribution >= 0.6 is 11.8 Å². The summed E-state index contributed by atoms with van der Waals surface area (Å²) in [5.41, 5.74) is 7.26. The number of thioether (sulfide) groups is 1. The van der Waals surface area contributed by atoms with Crippen LogP contribution in [-0.2, 0) is 5.75 Å². The van der Waals surface area contributed by atoms with Crippen molar-refractivity contribution in [3.8, 4) is 0 Å². The van der Waals surface area contributed by atoms with Crippen LogP contribution in [-0.4, -0.2) is 11.0 Å². The van der Waals surface area contributed by atoms with E-state index in [9.17, 15) is 4.39 Å². The third-order valence-corrected chi connectivity index (χ3v) is 3.89. The molecule has 0 fully saturated rings. The van der Waals surface area contributed by atoms with Gasteiger partial charge in [0.1, 0.15) is 5.82 Å². The normalized spacial score (nSPS) is 11.6. The number of benzene rings is 2. The van der Waals surface area contributed by atoms with E-state index in [1.807, 2.05) is 25.1 Å². The molecule has 2 rings (SSSR count). The Morgan fingerprint density at radius 2 is 2.05 bits per heavy atom. The van der Waals surface area contributed by atoms with Crippen molar-refractivity contribution < 1.29 is 9.60 Å². The summed E-state index contributed by atoms with van der Waals surface area (Å²) in [5.74, 6) is -0.171. The first-order valence-corrected chi connectivity index (χ1v) is 7.05. The van der Waals surface area contributed by atoms with E-state index in [-0.39, 0.29) is 11.4 Å². The van der Waals surface area contributed by atoms with E-state index in [0.29, 0.717) is 11.3 Å². The van der Waals surface area contributed by atoms with Crippen LogP contribution < -0.4 is 5.73 Å². The fraction of sp³-hybridized carbons (Fsp3) is 0.133. The molecule has 2 aromatic carbocycles. The molecule has 0 aliphatic heterocycles. The van der Waals surface area contributed by atoms with E-state index >= 15 is 0 Å². The van der Waals surface area contributed by atoms with Gasteiger partial charge in [0.25, 0.3) is 0 Å². The minimum absolute atomic E-state index is 0.120. The minimum atomic E-state index is -0.442. The van der Waals surface area contributed by atoms with Gasteiger partial charge in [0.05, 0.1) is 5.56 Å². The summed E-state index contributed by atoms with van der Waals surface area (Å²) < 4.78 is 14.2. The predicted octanol–water partition coefficient (Wildman–Crippen LogP) is 3.52. The van der Waals surface area contributed by atoms with Crippen molar-refractivity contribution in [2.45, 2.75) is 17.6 Å². The molecule has 0 aliphatic rings. The Labute approximate surface area is 121 Å². The van der Waals surface area contributed by atoms with Crippen LogP contribution in [0.1, 0.15) is 16.7 Å². The Morgan fingerprint density at radius 1 is 1.30 bits per heavy atom. The van der Waals surface area contributed by atoms with Gasteiger partial charge in [0.15, 0.2) is 5.84 Å². The van der Waals surface area contributed by atoms with Crippen LogP contribution in [0.5, 0.6) is 0 Å². The molecule has 3 nitrogen and oxygen atoms in total. The number of rotatable bonds is 4. The highest BCUT2D eigenvalue weighted by molar-refractivity contribution is 7.98. The van der Waals surface area contributed by atoms with E-state index in [2.05, 4.69) is 11.2 Å². The molecule has 0 radical (unpaired) electrons. The first-order chi connectivity index (χ1) is 9.61. The molecule has 0 saturated carbocycles. The number of nitrogens with zero attached hydrogens (tertiary/aromatic N) is 1. The number of hydrogen-bond acceptors (Lipinski definition) is 3. The number of hydrogen-bond donors (Lipinski definition) is 2. The Bertz CT molecular complexity index is 644. The van der Waals surface area contributed by atoms with Gasteiger partial charge >= 0.3 is 0 Å². The first-order valence-electron chi connectivity index (χ1n) is 6.06. The van der Waals surface area contributed by atoms with Crippen molar-refractivity contribution >= 4 is 17.6 Å². The summed E-state index contributed by atoms with van der Waals surface area (Å²) >= 11 is 1.55. The maximum Gasteiger partial charge on any atom is 0.173 e. The second kappa shape index (κ2) is 6.43. The summed E-state index contributed by atoms with van der Waals surface area (Å²) in [4.78, 5) is 1.08. The Kier molecular flexibility index (Phi) is 4.63.